The van der Waals surface area contributed by atoms with E-state index in [1.807, 2.05) is 31.2 Å². The molecule has 3 aromatic heterocycles. The molecular weight excluding hydrogens is 424 g/mol. The van der Waals surface area contributed by atoms with Crippen molar-refractivity contribution in [2.24, 2.45) is 0 Å². The van der Waals surface area contributed by atoms with Crippen molar-refractivity contribution in [1.29, 1.82) is 5.26 Å². The van der Waals surface area contributed by atoms with Crippen LogP contribution in [-0.4, -0.2) is 58.1 Å². The van der Waals surface area contributed by atoms with Gasteiger partial charge in [0.2, 0.25) is 0 Å². The summed E-state index contributed by atoms with van der Waals surface area (Å²) < 4.78 is 6.07. The molecule has 1 aromatic carbocycles. The number of H-pyrrole nitrogens is 1. The van der Waals surface area contributed by atoms with Crippen LogP contribution in [0.2, 0.25) is 0 Å². The molecule has 2 N–H and O–H groups in total. The van der Waals surface area contributed by atoms with E-state index in [1.165, 1.54) is 11.3 Å². The summed E-state index contributed by atoms with van der Waals surface area (Å²) in [4.78, 5) is 21.8. The van der Waals surface area contributed by atoms with Crippen molar-refractivity contribution >= 4 is 39.0 Å². The number of likely N-dealkylation sites (N-methyl/N-ethyl adjacent to an activating group) is 1. The summed E-state index contributed by atoms with van der Waals surface area (Å²) in [7, 11) is 2.12. The van der Waals surface area contributed by atoms with E-state index in [0.717, 1.165) is 48.6 Å². The molecule has 0 radical (unpaired) electrons. The molecule has 0 unspecified atom stereocenters. The van der Waals surface area contributed by atoms with Gasteiger partial charge in [0.25, 0.3) is 0 Å². The number of ether oxygens (including phenoxy) is 1. The highest BCUT2D eigenvalue weighted by Crippen LogP contribution is 2.29. The minimum atomic E-state index is 0.257. The van der Waals surface area contributed by atoms with E-state index in [9.17, 15) is 0 Å². The number of anilines is 3. The van der Waals surface area contributed by atoms with Crippen LogP contribution in [0.25, 0.3) is 10.9 Å². The zero-order chi connectivity index (χ0) is 22.1. The molecule has 0 atom stereocenters. The number of hydrogen-bond acceptors (Lipinski definition) is 9. The fraction of sp³-hybridized carbons (Fsp3) is 0.273. The van der Waals surface area contributed by atoms with Crippen molar-refractivity contribution < 1.29 is 4.74 Å². The number of piperazine rings is 1. The van der Waals surface area contributed by atoms with Gasteiger partial charge in [-0.3, -0.25) is 0 Å². The lowest BCUT2D eigenvalue weighted by Gasteiger charge is -2.33. The molecule has 1 saturated heterocycles. The molecule has 4 aromatic rings. The Balaban J connectivity index is 1.46. The second kappa shape index (κ2) is 8.45. The Morgan fingerprint density at radius 2 is 2.00 bits per heavy atom. The van der Waals surface area contributed by atoms with Gasteiger partial charge in [0, 0.05) is 48.8 Å². The summed E-state index contributed by atoms with van der Waals surface area (Å²) >= 11 is 1.27. The molecule has 162 valence electrons. The lowest BCUT2D eigenvalue weighted by Crippen LogP contribution is -2.44. The SMILES string of the molecule is Cc1cc2cc(Oc3nc(Nc4ncc(C#N)s4)cc(N4CCN(C)CC4)n3)ccc2[nH]1. The minimum Gasteiger partial charge on any atom is -0.424 e. The first-order valence-corrected chi connectivity index (χ1v) is 11.1. The summed E-state index contributed by atoms with van der Waals surface area (Å²) in [6, 6.07) is 12.2. The van der Waals surface area contributed by atoms with E-state index in [1.54, 1.807) is 6.20 Å². The van der Waals surface area contributed by atoms with Gasteiger partial charge in [-0.2, -0.15) is 15.2 Å². The maximum Gasteiger partial charge on any atom is 0.325 e. The number of nitrogens with one attached hydrogen (secondary N) is 2. The van der Waals surface area contributed by atoms with Gasteiger partial charge in [0.15, 0.2) is 5.13 Å². The Bertz CT molecular complexity index is 1300. The van der Waals surface area contributed by atoms with Gasteiger partial charge < -0.3 is 24.8 Å². The molecule has 1 aliphatic rings. The number of benzene rings is 1. The van der Waals surface area contributed by atoms with E-state index in [0.29, 0.717) is 21.6 Å². The fourth-order valence-corrected chi connectivity index (χ4v) is 4.26. The number of nitriles is 1. The fourth-order valence-electron chi connectivity index (χ4n) is 3.64. The Morgan fingerprint density at radius 3 is 2.78 bits per heavy atom. The standard InChI is InChI=1S/C22H22N8OS/c1-14-9-15-10-16(3-4-18(15)25-14)31-21-26-19(27-22-24-13-17(12-23)32-22)11-20(28-21)30-7-5-29(2)6-8-30/h3-4,9-11,13,25H,5-8H2,1-2H3,(H,24,26,27,28). The molecule has 1 fully saturated rings. The maximum atomic E-state index is 9.07. The molecule has 1 aliphatic heterocycles. The molecule has 0 aliphatic carbocycles. The van der Waals surface area contributed by atoms with Gasteiger partial charge in [-0.25, -0.2) is 4.98 Å². The zero-order valence-electron chi connectivity index (χ0n) is 17.8. The Labute approximate surface area is 189 Å². The number of nitrogens with zero attached hydrogens (tertiary/aromatic N) is 6. The minimum absolute atomic E-state index is 0.257. The summed E-state index contributed by atoms with van der Waals surface area (Å²) in [6.45, 7) is 5.69. The van der Waals surface area contributed by atoms with Gasteiger partial charge in [-0.15, -0.1) is 0 Å². The molecule has 0 spiro atoms. The van der Waals surface area contributed by atoms with Crippen LogP contribution in [0.4, 0.5) is 16.8 Å². The average Bonchev–Trinajstić information content (AvgIpc) is 3.39. The second-order valence-corrected chi connectivity index (χ2v) is 8.78. The first kappa shape index (κ1) is 20.2. The summed E-state index contributed by atoms with van der Waals surface area (Å²) in [5.41, 5.74) is 2.15. The largest absolute Gasteiger partial charge is 0.424 e. The van der Waals surface area contributed by atoms with Crippen molar-refractivity contribution in [1.82, 2.24) is 24.8 Å². The molecule has 5 rings (SSSR count). The van der Waals surface area contributed by atoms with Crippen LogP contribution in [-0.2, 0) is 0 Å². The van der Waals surface area contributed by atoms with Crippen LogP contribution < -0.4 is 15.0 Å². The molecule has 10 heteroatoms. The van der Waals surface area contributed by atoms with E-state index in [2.05, 4.69) is 54.2 Å². The predicted octanol–water partition coefficient (Wildman–Crippen LogP) is 3.88. The maximum absolute atomic E-state index is 9.07. The number of rotatable bonds is 5. The monoisotopic (exact) mass is 446 g/mol. The van der Waals surface area contributed by atoms with E-state index < -0.39 is 0 Å². The van der Waals surface area contributed by atoms with Crippen LogP contribution in [0.15, 0.2) is 36.5 Å². The third-order valence-electron chi connectivity index (χ3n) is 5.31. The van der Waals surface area contributed by atoms with Gasteiger partial charge >= 0.3 is 6.01 Å². The molecule has 0 amide bonds. The molecule has 0 bridgehead atoms. The Morgan fingerprint density at radius 1 is 1.16 bits per heavy atom. The summed E-state index contributed by atoms with van der Waals surface area (Å²) in [6.07, 6.45) is 1.54. The number of fused-ring (bicyclic) bond motifs is 1. The highest BCUT2D eigenvalue weighted by atomic mass is 32.1. The highest BCUT2D eigenvalue weighted by Gasteiger charge is 2.18. The third kappa shape index (κ3) is 4.34. The first-order valence-electron chi connectivity index (χ1n) is 10.3. The van der Waals surface area contributed by atoms with Crippen molar-refractivity contribution in [2.75, 3.05) is 43.4 Å². The quantitative estimate of drug-likeness (QED) is 0.476. The lowest BCUT2D eigenvalue weighted by molar-refractivity contribution is 0.311. The van der Waals surface area contributed by atoms with Crippen molar-refractivity contribution in [3.63, 3.8) is 0 Å². The predicted molar refractivity (Wildman–Crippen MR) is 125 cm³/mol. The smallest absolute Gasteiger partial charge is 0.325 e. The van der Waals surface area contributed by atoms with Crippen molar-refractivity contribution in [3.05, 3.63) is 47.1 Å². The first-order chi connectivity index (χ1) is 15.6. The Kier molecular flexibility index (Phi) is 5.34. The normalized spacial score (nSPS) is 14.5. The van der Waals surface area contributed by atoms with Gasteiger partial charge in [-0.1, -0.05) is 11.3 Å². The highest BCUT2D eigenvalue weighted by molar-refractivity contribution is 7.16. The third-order valence-corrected chi connectivity index (χ3v) is 6.12. The van der Waals surface area contributed by atoms with Gasteiger partial charge in [0.1, 0.15) is 28.3 Å². The molecule has 4 heterocycles. The van der Waals surface area contributed by atoms with E-state index in [4.69, 9.17) is 10.00 Å². The van der Waals surface area contributed by atoms with Crippen LogP contribution in [0.5, 0.6) is 11.8 Å². The number of hydrogen-bond donors (Lipinski definition) is 2. The van der Waals surface area contributed by atoms with Crippen LogP contribution in [0.1, 0.15) is 10.6 Å². The van der Waals surface area contributed by atoms with Gasteiger partial charge in [-0.05, 0) is 38.2 Å². The van der Waals surface area contributed by atoms with Crippen LogP contribution >= 0.6 is 11.3 Å². The molecule has 9 nitrogen and oxygen atoms in total. The van der Waals surface area contributed by atoms with Crippen LogP contribution in [0.3, 0.4) is 0 Å². The number of aromatic nitrogens is 4. The molecule has 0 saturated carbocycles. The van der Waals surface area contributed by atoms with Crippen molar-refractivity contribution in [2.45, 2.75) is 6.92 Å². The molecule has 32 heavy (non-hydrogen) atoms. The topological polar surface area (TPSA) is 106 Å². The number of aryl methyl sites for hydroxylation is 1. The molecular formula is C22H22N8OS. The number of thiazole rings is 1. The lowest BCUT2D eigenvalue weighted by atomic mass is 10.2. The Hall–Kier alpha value is -3.68. The van der Waals surface area contributed by atoms with Crippen LogP contribution in [0, 0.1) is 18.3 Å². The van der Waals surface area contributed by atoms with Gasteiger partial charge in [0.05, 0.1) is 6.20 Å². The average molecular weight is 447 g/mol. The van der Waals surface area contributed by atoms with E-state index >= 15 is 0 Å². The summed E-state index contributed by atoms with van der Waals surface area (Å²) in [5, 5.41) is 13.9. The second-order valence-electron chi connectivity index (χ2n) is 7.75. The van der Waals surface area contributed by atoms with E-state index in [-0.39, 0.29) is 6.01 Å². The zero-order valence-corrected chi connectivity index (χ0v) is 18.6. The number of aromatic amines is 1. The summed E-state index contributed by atoms with van der Waals surface area (Å²) in [5.74, 6) is 2.03. The van der Waals surface area contributed by atoms with Crippen molar-refractivity contribution in [3.8, 4) is 17.8 Å².